The second-order valence-electron chi connectivity index (χ2n) is 5.54. The van der Waals surface area contributed by atoms with Gasteiger partial charge in [-0.3, -0.25) is 0 Å². The molecule has 1 heterocycles. The fourth-order valence-electron chi connectivity index (χ4n) is 2.94. The number of aromatic nitrogens is 1. The molecule has 0 spiro atoms. The van der Waals surface area contributed by atoms with E-state index in [4.69, 9.17) is 0 Å². The van der Waals surface area contributed by atoms with Crippen LogP contribution in [0.3, 0.4) is 0 Å². The summed E-state index contributed by atoms with van der Waals surface area (Å²) < 4.78 is 2.49. The van der Waals surface area contributed by atoms with Crippen molar-refractivity contribution < 1.29 is 0 Å². The summed E-state index contributed by atoms with van der Waals surface area (Å²) in [5.74, 6) is 1.22. The van der Waals surface area contributed by atoms with Crippen LogP contribution in [0.2, 0.25) is 0 Å². The Balaban J connectivity index is 2.23. The summed E-state index contributed by atoms with van der Waals surface area (Å²) >= 11 is 1.93. The van der Waals surface area contributed by atoms with Crippen LogP contribution in [-0.4, -0.2) is 16.6 Å². The van der Waals surface area contributed by atoms with E-state index in [1.807, 2.05) is 11.8 Å². The third-order valence-corrected chi connectivity index (χ3v) is 4.60. The zero-order valence-corrected chi connectivity index (χ0v) is 13.3. The van der Waals surface area contributed by atoms with Gasteiger partial charge in [-0.25, -0.2) is 0 Å². The van der Waals surface area contributed by atoms with E-state index >= 15 is 0 Å². The van der Waals surface area contributed by atoms with Crippen LogP contribution in [0, 0.1) is 13.8 Å². The third-order valence-electron chi connectivity index (χ3n) is 3.91. The van der Waals surface area contributed by atoms with Crippen molar-refractivity contribution in [3.05, 3.63) is 47.5 Å². The van der Waals surface area contributed by atoms with Gasteiger partial charge in [0, 0.05) is 28.4 Å². The van der Waals surface area contributed by atoms with Crippen molar-refractivity contribution in [1.82, 2.24) is 4.57 Å². The van der Waals surface area contributed by atoms with E-state index in [1.165, 1.54) is 45.1 Å². The van der Waals surface area contributed by atoms with Crippen molar-refractivity contribution >= 4 is 33.6 Å². The van der Waals surface area contributed by atoms with E-state index in [2.05, 4.69) is 61.1 Å². The molecule has 3 rings (SSSR count). The Kier molecular flexibility index (Phi) is 3.75. The van der Waals surface area contributed by atoms with Crippen LogP contribution in [-0.2, 0) is 6.54 Å². The maximum Gasteiger partial charge on any atom is 0.0491 e. The van der Waals surface area contributed by atoms with Crippen LogP contribution >= 0.6 is 11.8 Å². The summed E-state index contributed by atoms with van der Waals surface area (Å²) in [5, 5.41) is 2.79. The Labute approximate surface area is 125 Å². The van der Waals surface area contributed by atoms with Crippen molar-refractivity contribution in [2.45, 2.75) is 26.8 Å². The highest BCUT2D eigenvalue weighted by molar-refractivity contribution is 7.98. The van der Waals surface area contributed by atoms with Crippen LogP contribution in [0.1, 0.15) is 17.5 Å². The zero-order valence-electron chi connectivity index (χ0n) is 12.4. The minimum atomic E-state index is 1.10. The number of thioether (sulfide) groups is 1. The molecule has 0 bridgehead atoms. The van der Waals surface area contributed by atoms with Crippen molar-refractivity contribution in [3.63, 3.8) is 0 Å². The number of fused-ring (bicyclic) bond motifs is 3. The van der Waals surface area contributed by atoms with Gasteiger partial charge in [-0.1, -0.05) is 23.3 Å². The molecule has 1 aromatic heterocycles. The highest BCUT2D eigenvalue weighted by Crippen LogP contribution is 2.30. The lowest BCUT2D eigenvalue weighted by molar-refractivity contribution is 0.730. The number of aryl methyl sites for hydroxylation is 3. The first-order chi connectivity index (χ1) is 9.70. The van der Waals surface area contributed by atoms with Crippen molar-refractivity contribution in [2.75, 3.05) is 12.0 Å². The second kappa shape index (κ2) is 5.53. The van der Waals surface area contributed by atoms with Crippen LogP contribution in [0.15, 0.2) is 36.4 Å². The molecule has 1 nitrogen and oxygen atoms in total. The van der Waals surface area contributed by atoms with Crippen LogP contribution in [0.4, 0.5) is 0 Å². The topological polar surface area (TPSA) is 4.93 Å². The summed E-state index contributed by atoms with van der Waals surface area (Å²) in [6.07, 6.45) is 3.40. The Morgan fingerprint density at radius 3 is 1.95 bits per heavy atom. The Morgan fingerprint density at radius 1 is 0.900 bits per heavy atom. The molecule has 0 fully saturated rings. The fourth-order valence-corrected chi connectivity index (χ4v) is 3.36. The standard InChI is InChI=1S/C18H21NS/c1-13-5-7-17-15(11-13)16-12-14(2)6-8-18(16)19(17)9-4-10-20-3/h5-8,11-12H,4,9-10H2,1-3H3. The molecule has 0 aliphatic heterocycles. The normalized spacial score (nSPS) is 11.6. The fraction of sp³-hybridized carbons (Fsp3) is 0.333. The van der Waals surface area contributed by atoms with E-state index < -0.39 is 0 Å². The van der Waals surface area contributed by atoms with Gasteiger partial charge in [-0.15, -0.1) is 0 Å². The van der Waals surface area contributed by atoms with Gasteiger partial charge in [0.15, 0.2) is 0 Å². The first kappa shape index (κ1) is 13.6. The summed E-state index contributed by atoms with van der Waals surface area (Å²) in [5.41, 5.74) is 5.42. The van der Waals surface area contributed by atoms with Gasteiger partial charge in [0.1, 0.15) is 0 Å². The Morgan fingerprint density at radius 2 is 1.45 bits per heavy atom. The molecule has 20 heavy (non-hydrogen) atoms. The molecule has 0 saturated heterocycles. The molecule has 104 valence electrons. The number of nitrogens with zero attached hydrogens (tertiary/aromatic N) is 1. The molecule has 0 unspecified atom stereocenters. The first-order valence-electron chi connectivity index (χ1n) is 7.19. The number of rotatable bonds is 4. The molecule has 0 amide bonds. The van der Waals surface area contributed by atoms with Gasteiger partial charge in [-0.05, 0) is 56.5 Å². The monoisotopic (exact) mass is 283 g/mol. The molecule has 0 radical (unpaired) electrons. The number of hydrogen-bond acceptors (Lipinski definition) is 1. The minimum absolute atomic E-state index is 1.10. The lowest BCUT2D eigenvalue weighted by atomic mass is 10.1. The van der Waals surface area contributed by atoms with E-state index in [-0.39, 0.29) is 0 Å². The van der Waals surface area contributed by atoms with Gasteiger partial charge in [0.05, 0.1) is 0 Å². The molecule has 2 aromatic carbocycles. The maximum atomic E-state index is 2.49. The molecule has 0 atom stereocenters. The summed E-state index contributed by atoms with van der Waals surface area (Å²) in [6.45, 7) is 5.45. The summed E-state index contributed by atoms with van der Waals surface area (Å²) in [4.78, 5) is 0. The molecule has 3 aromatic rings. The molecule has 2 heteroatoms. The molecular weight excluding hydrogens is 262 g/mol. The highest BCUT2D eigenvalue weighted by Gasteiger charge is 2.10. The first-order valence-corrected chi connectivity index (χ1v) is 8.58. The average molecular weight is 283 g/mol. The quantitative estimate of drug-likeness (QED) is 0.598. The van der Waals surface area contributed by atoms with Gasteiger partial charge in [-0.2, -0.15) is 11.8 Å². The van der Waals surface area contributed by atoms with Gasteiger partial charge >= 0.3 is 0 Å². The molecule has 0 saturated carbocycles. The summed E-state index contributed by atoms with van der Waals surface area (Å²) in [6, 6.07) is 13.6. The van der Waals surface area contributed by atoms with Gasteiger partial charge < -0.3 is 4.57 Å². The minimum Gasteiger partial charge on any atom is -0.340 e. The van der Waals surface area contributed by atoms with E-state index in [0.29, 0.717) is 0 Å². The zero-order chi connectivity index (χ0) is 14.1. The second-order valence-corrected chi connectivity index (χ2v) is 6.52. The number of benzene rings is 2. The largest absolute Gasteiger partial charge is 0.340 e. The number of hydrogen-bond donors (Lipinski definition) is 0. The van der Waals surface area contributed by atoms with E-state index in [1.54, 1.807) is 0 Å². The van der Waals surface area contributed by atoms with Crippen molar-refractivity contribution in [2.24, 2.45) is 0 Å². The lowest BCUT2D eigenvalue weighted by Gasteiger charge is -2.07. The van der Waals surface area contributed by atoms with Crippen LogP contribution in [0.25, 0.3) is 21.8 Å². The maximum absolute atomic E-state index is 2.49. The van der Waals surface area contributed by atoms with Crippen molar-refractivity contribution in [3.8, 4) is 0 Å². The Bertz CT molecular complexity index is 696. The van der Waals surface area contributed by atoms with E-state index in [0.717, 1.165) is 6.54 Å². The average Bonchev–Trinajstić information content (AvgIpc) is 2.72. The smallest absolute Gasteiger partial charge is 0.0491 e. The molecular formula is C18H21NS. The van der Waals surface area contributed by atoms with Crippen LogP contribution in [0.5, 0.6) is 0 Å². The molecule has 0 N–H and O–H groups in total. The molecule has 0 aliphatic carbocycles. The predicted octanol–water partition coefficient (Wildman–Crippen LogP) is 5.16. The Hall–Kier alpha value is -1.41. The summed E-state index contributed by atoms with van der Waals surface area (Å²) in [7, 11) is 0. The van der Waals surface area contributed by atoms with Gasteiger partial charge in [0.25, 0.3) is 0 Å². The highest BCUT2D eigenvalue weighted by atomic mass is 32.2. The molecule has 0 aliphatic rings. The van der Waals surface area contributed by atoms with Gasteiger partial charge in [0.2, 0.25) is 0 Å². The van der Waals surface area contributed by atoms with Crippen molar-refractivity contribution in [1.29, 1.82) is 0 Å². The van der Waals surface area contributed by atoms with E-state index in [9.17, 15) is 0 Å². The van der Waals surface area contributed by atoms with Crippen LogP contribution < -0.4 is 0 Å². The SMILES string of the molecule is CSCCCn1c2ccc(C)cc2c2cc(C)ccc21. The predicted molar refractivity (Wildman–Crippen MR) is 91.9 cm³/mol. The third kappa shape index (κ3) is 2.33. The lowest BCUT2D eigenvalue weighted by Crippen LogP contribution is -1.98.